The monoisotopic (exact) mass is 692 g/mol. The summed E-state index contributed by atoms with van der Waals surface area (Å²) in [5, 5.41) is 9.38. The van der Waals surface area contributed by atoms with E-state index < -0.39 is 0 Å². The lowest BCUT2D eigenvalue weighted by Gasteiger charge is -2.22. The van der Waals surface area contributed by atoms with Gasteiger partial charge in [-0.05, 0) is 109 Å². The van der Waals surface area contributed by atoms with E-state index in [1.807, 2.05) is 0 Å². The Morgan fingerprint density at radius 1 is 0.449 bits per heavy atom. The Morgan fingerprint density at radius 2 is 0.776 bits per heavy atom. The number of aliphatic hydroxyl groups is 1. The van der Waals surface area contributed by atoms with Gasteiger partial charge in [0.1, 0.15) is 0 Å². The summed E-state index contributed by atoms with van der Waals surface area (Å²) in [7, 11) is 0. The summed E-state index contributed by atoms with van der Waals surface area (Å²) in [6, 6.07) is 0. The molecule has 0 aliphatic rings. The van der Waals surface area contributed by atoms with Gasteiger partial charge in [0, 0.05) is 25.3 Å². The van der Waals surface area contributed by atoms with Crippen molar-refractivity contribution in [1.82, 2.24) is 4.90 Å². The molecule has 0 atom stereocenters. The van der Waals surface area contributed by atoms with Gasteiger partial charge in [-0.25, -0.2) is 9.59 Å². The van der Waals surface area contributed by atoms with Gasteiger partial charge in [-0.1, -0.05) is 116 Å². The zero-order valence-corrected chi connectivity index (χ0v) is 33.0. The van der Waals surface area contributed by atoms with Crippen molar-refractivity contribution in [3.05, 3.63) is 23.3 Å². The van der Waals surface area contributed by atoms with Gasteiger partial charge in [-0.3, -0.25) is 0 Å². The summed E-state index contributed by atoms with van der Waals surface area (Å²) >= 11 is 0. The fraction of sp³-hybridized carbons (Fsp3) is 0.860. The van der Waals surface area contributed by atoms with Gasteiger partial charge in [-0.2, -0.15) is 0 Å². The van der Waals surface area contributed by atoms with E-state index in [1.165, 1.54) is 88.2 Å². The fourth-order valence-electron chi connectivity index (χ4n) is 6.27. The van der Waals surface area contributed by atoms with Crippen molar-refractivity contribution in [2.75, 3.05) is 39.5 Å². The van der Waals surface area contributed by atoms with Gasteiger partial charge in [0.15, 0.2) is 0 Å². The van der Waals surface area contributed by atoms with Crippen LogP contribution in [0, 0.1) is 0 Å². The third-order valence-electron chi connectivity index (χ3n) is 9.41. The van der Waals surface area contributed by atoms with Crippen LogP contribution in [0.2, 0.25) is 0 Å². The fourth-order valence-corrected chi connectivity index (χ4v) is 6.27. The molecule has 0 aliphatic heterocycles. The number of ether oxygens (including phenoxy) is 2. The number of hydrogen-bond acceptors (Lipinski definition) is 6. The molecule has 0 aromatic rings. The summed E-state index contributed by atoms with van der Waals surface area (Å²) < 4.78 is 11.2. The van der Waals surface area contributed by atoms with Crippen LogP contribution in [0.4, 0.5) is 0 Å². The Morgan fingerprint density at radius 3 is 1.10 bits per heavy atom. The molecule has 0 saturated carbocycles. The van der Waals surface area contributed by atoms with Crippen molar-refractivity contribution in [3.8, 4) is 0 Å². The smallest absolute Gasteiger partial charge is 0.330 e. The molecule has 0 heterocycles. The lowest BCUT2D eigenvalue weighted by atomic mass is 10.00. The van der Waals surface area contributed by atoms with Crippen LogP contribution in [-0.4, -0.2) is 61.4 Å². The van der Waals surface area contributed by atoms with Crippen LogP contribution in [0.5, 0.6) is 0 Å². The van der Waals surface area contributed by atoms with Crippen molar-refractivity contribution < 1.29 is 24.2 Å². The summed E-state index contributed by atoms with van der Waals surface area (Å²) in [6.45, 7) is 13.0. The molecule has 0 spiro atoms. The van der Waals surface area contributed by atoms with Crippen molar-refractivity contribution >= 4 is 11.9 Å². The van der Waals surface area contributed by atoms with Gasteiger partial charge in [0.05, 0.1) is 13.2 Å². The van der Waals surface area contributed by atoms with E-state index in [9.17, 15) is 14.7 Å². The third kappa shape index (κ3) is 33.3. The van der Waals surface area contributed by atoms with Gasteiger partial charge >= 0.3 is 11.9 Å². The maximum Gasteiger partial charge on any atom is 0.330 e. The first-order valence-electron chi connectivity index (χ1n) is 21.1. The van der Waals surface area contributed by atoms with E-state index in [2.05, 4.69) is 32.6 Å². The molecule has 0 rings (SSSR count). The standard InChI is InChI=1S/C43H81NO5/c1-5-9-13-19-28-40(29-20-14-10-6-2)38-42(46)48-36-25-17-23-32-44(34-27-35-45)33-24-18-26-37-49-43(47)39-41(30-21-15-11-7-3)31-22-16-12-8-4/h38-39,45H,5-37H2,1-4H3. The molecule has 288 valence electrons. The molecule has 0 radical (unpaired) electrons. The van der Waals surface area contributed by atoms with Gasteiger partial charge in [0.2, 0.25) is 0 Å². The maximum absolute atomic E-state index is 12.5. The second kappa shape index (κ2) is 37.6. The van der Waals surface area contributed by atoms with Crippen LogP contribution < -0.4 is 0 Å². The van der Waals surface area contributed by atoms with Crippen LogP contribution in [0.25, 0.3) is 0 Å². The Hall–Kier alpha value is -1.66. The van der Waals surface area contributed by atoms with Crippen LogP contribution in [0.15, 0.2) is 23.3 Å². The molecule has 6 nitrogen and oxygen atoms in total. The molecule has 0 saturated heterocycles. The molecule has 6 heteroatoms. The molecular weight excluding hydrogens is 610 g/mol. The number of esters is 2. The first-order chi connectivity index (χ1) is 24.0. The highest BCUT2D eigenvalue weighted by atomic mass is 16.5. The van der Waals surface area contributed by atoms with Crippen molar-refractivity contribution in [2.24, 2.45) is 0 Å². The van der Waals surface area contributed by atoms with E-state index in [0.717, 1.165) is 116 Å². The average Bonchev–Trinajstić information content (AvgIpc) is 3.09. The minimum atomic E-state index is -0.169. The van der Waals surface area contributed by atoms with Crippen LogP contribution in [0.3, 0.4) is 0 Å². The summed E-state index contributed by atoms with van der Waals surface area (Å²) in [4.78, 5) is 27.5. The number of hydrogen-bond donors (Lipinski definition) is 1. The normalized spacial score (nSPS) is 11.1. The topological polar surface area (TPSA) is 76.1 Å². The van der Waals surface area contributed by atoms with Crippen molar-refractivity contribution in [3.63, 3.8) is 0 Å². The maximum atomic E-state index is 12.5. The Labute approximate surface area is 304 Å². The van der Waals surface area contributed by atoms with Crippen molar-refractivity contribution in [1.29, 1.82) is 0 Å². The second-order valence-electron chi connectivity index (χ2n) is 14.2. The average molecular weight is 692 g/mol. The molecular formula is C43H81NO5. The number of carbonyl (C=O) groups is 2. The number of aliphatic hydroxyl groups excluding tert-OH is 1. The SMILES string of the molecule is CCCCCCC(=CC(=O)OCCCCCN(CCCO)CCCCCOC(=O)C=C(CCCCCC)CCCCCC)CCCCCC. The molecule has 0 aromatic heterocycles. The molecule has 1 N–H and O–H groups in total. The van der Waals surface area contributed by atoms with Gasteiger partial charge in [-0.15, -0.1) is 0 Å². The first-order valence-corrected chi connectivity index (χ1v) is 21.1. The largest absolute Gasteiger partial charge is 0.463 e. The minimum Gasteiger partial charge on any atom is -0.463 e. The number of rotatable bonds is 37. The Kier molecular flexibility index (Phi) is 36.3. The Bertz CT molecular complexity index is 718. The number of unbranched alkanes of at least 4 members (excludes halogenated alkanes) is 16. The van der Waals surface area contributed by atoms with E-state index in [-0.39, 0.29) is 18.5 Å². The lowest BCUT2D eigenvalue weighted by molar-refractivity contribution is -0.138. The number of carbonyl (C=O) groups excluding carboxylic acids is 2. The number of allylic oxidation sites excluding steroid dienone is 2. The molecule has 0 aromatic carbocycles. The van der Waals surface area contributed by atoms with E-state index >= 15 is 0 Å². The highest BCUT2D eigenvalue weighted by molar-refractivity contribution is 5.83. The van der Waals surface area contributed by atoms with Gasteiger partial charge in [0.25, 0.3) is 0 Å². The lowest BCUT2D eigenvalue weighted by Crippen LogP contribution is -2.28. The van der Waals surface area contributed by atoms with Crippen LogP contribution in [-0.2, 0) is 19.1 Å². The highest BCUT2D eigenvalue weighted by Crippen LogP contribution is 2.19. The van der Waals surface area contributed by atoms with Gasteiger partial charge < -0.3 is 19.5 Å². The quantitative estimate of drug-likeness (QED) is 0.0397. The van der Waals surface area contributed by atoms with Crippen molar-refractivity contribution in [2.45, 2.75) is 201 Å². The molecule has 0 amide bonds. The summed E-state index contributed by atoms with van der Waals surface area (Å²) in [6.07, 6.45) is 33.9. The van der Waals surface area contributed by atoms with E-state index in [4.69, 9.17) is 9.47 Å². The number of nitrogens with zero attached hydrogens (tertiary/aromatic N) is 1. The molecule has 0 fully saturated rings. The molecule has 0 bridgehead atoms. The second-order valence-corrected chi connectivity index (χ2v) is 14.2. The van der Waals surface area contributed by atoms with Crippen LogP contribution in [0.1, 0.15) is 201 Å². The first kappa shape index (κ1) is 47.3. The molecule has 49 heavy (non-hydrogen) atoms. The Balaban J connectivity index is 4.39. The van der Waals surface area contributed by atoms with E-state index in [1.54, 1.807) is 12.2 Å². The zero-order valence-electron chi connectivity index (χ0n) is 33.0. The van der Waals surface area contributed by atoms with Crippen LogP contribution >= 0.6 is 0 Å². The zero-order chi connectivity index (χ0) is 36.0. The third-order valence-corrected chi connectivity index (χ3v) is 9.41. The minimum absolute atomic E-state index is 0.169. The summed E-state index contributed by atoms with van der Waals surface area (Å²) in [5.41, 5.74) is 2.53. The predicted octanol–water partition coefficient (Wildman–Crippen LogP) is 11.8. The molecule has 0 aliphatic carbocycles. The van der Waals surface area contributed by atoms with E-state index in [0.29, 0.717) is 13.2 Å². The molecule has 0 unspecified atom stereocenters. The predicted molar refractivity (Wildman–Crippen MR) is 209 cm³/mol. The highest BCUT2D eigenvalue weighted by Gasteiger charge is 2.08. The summed E-state index contributed by atoms with van der Waals surface area (Å²) in [5.74, 6) is -0.338.